The van der Waals surface area contributed by atoms with Gasteiger partial charge in [0.1, 0.15) is 5.75 Å². The minimum absolute atomic E-state index is 0.0111. The number of carbonyl (C=O) groups excluding carboxylic acids is 1. The van der Waals surface area contributed by atoms with Crippen molar-refractivity contribution in [1.82, 2.24) is 10.2 Å². The highest BCUT2D eigenvalue weighted by atomic mass is 35.5. The summed E-state index contributed by atoms with van der Waals surface area (Å²) in [7, 11) is 2.11. The molecule has 1 amide bonds. The van der Waals surface area contributed by atoms with Crippen molar-refractivity contribution in [3.05, 3.63) is 29.3 Å². The molecule has 1 saturated heterocycles. The third-order valence-electron chi connectivity index (χ3n) is 4.31. The molecule has 21 heavy (non-hydrogen) atoms. The van der Waals surface area contributed by atoms with Crippen LogP contribution in [0, 0.1) is 0 Å². The Morgan fingerprint density at radius 1 is 1.33 bits per heavy atom. The molecular formula is C16H21ClN2O2. The van der Waals surface area contributed by atoms with Crippen LogP contribution in [0.4, 0.5) is 0 Å². The van der Waals surface area contributed by atoms with Crippen LogP contribution in [0.1, 0.15) is 25.7 Å². The number of hydrogen-bond acceptors (Lipinski definition) is 3. The lowest BCUT2D eigenvalue weighted by molar-refractivity contribution is -0.130. The van der Waals surface area contributed by atoms with Crippen LogP contribution < -0.4 is 10.1 Å². The Hall–Kier alpha value is -1.26. The summed E-state index contributed by atoms with van der Waals surface area (Å²) < 4.78 is 5.91. The van der Waals surface area contributed by atoms with E-state index in [2.05, 4.69) is 17.3 Å². The molecule has 0 spiro atoms. The number of nitrogens with one attached hydrogen (secondary N) is 1. The molecule has 114 valence electrons. The fourth-order valence-electron chi connectivity index (χ4n) is 2.70. The molecule has 1 aliphatic carbocycles. The molecule has 0 bridgehead atoms. The monoisotopic (exact) mass is 308 g/mol. The van der Waals surface area contributed by atoms with Crippen molar-refractivity contribution in [1.29, 1.82) is 0 Å². The van der Waals surface area contributed by atoms with Crippen LogP contribution in [0.3, 0.4) is 0 Å². The van der Waals surface area contributed by atoms with Gasteiger partial charge in [-0.3, -0.25) is 4.79 Å². The zero-order valence-electron chi connectivity index (χ0n) is 12.3. The van der Waals surface area contributed by atoms with E-state index < -0.39 is 5.60 Å². The maximum absolute atomic E-state index is 12.5. The number of carbonyl (C=O) groups is 1. The largest absolute Gasteiger partial charge is 0.476 e. The SMILES string of the molecule is CN1CCC(NC(=O)C2(Oc3ccccc3Cl)CC2)CC1. The number of halogens is 1. The highest BCUT2D eigenvalue weighted by Crippen LogP contribution is 2.42. The Labute approximate surface area is 130 Å². The van der Waals surface area contributed by atoms with Gasteiger partial charge in [-0.2, -0.15) is 0 Å². The summed E-state index contributed by atoms with van der Waals surface area (Å²) in [6, 6.07) is 7.58. The molecule has 5 heteroatoms. The molecule has 4 nitrogen and oxygen atoms in total. The molecule has 0 unspecified atom stereocenters. The Balaban J connectivity index is 1.60. The maximum Gasteiger partial charge on any atom is 0.264 e. The molecule has 1 aromatic carbocycles. The zero-order valence-corrected chi connectivity index (χ0v) is 13.0. The molecule has 0 atom stereocenters. The summed E-state index contributed by atoms with van der Waals surface area (Å²) in [5, 5.41) is 3.70. The fourth-order valence-corrected chi connectivity index (χ4v) is 2.87. The summed E-state index contributed by atoms with van der Waals surface area (Å²) in [5.41, 5.74) is -0.700. The minimum atomic E-state index is -0.700. The topological polar surface area (TPSA) is 41.6 Å². The van der Waals surface area contributed by atoms with Crippen molar-refractivity contribution in [2.45, 2.75) is 37.3 Å². The first kappa shape index (κ1) is 14.7. The van der Waals surface area contributed by atoms with Gasteiger partial charge in [-0.1, -0.05) is 23.7 Å². The van der Waals surface area contributed by atoms with Gasteiger partial charge >= 0.3 is 0 Å². The number of amides is 1. The first-order chi connectivity index (χ1) is 10.1. The van der Waals surface area contributed by atoms with Crippen molar-refractivity contribution < 1.29 is 9.53 Å². The van der Waals surface area contributed by atoms with Crippen molar-refractivity contribution in [2.24, 2.45) is 0 Å². The van der Waals surface area contributed by atoms with E-state index >= 15 is 0 Å². The summed E-state index contributed by atoms with van der Waals surface area (Å²) in [6.07, 6.45) is 3.53. The second kappa shape index (κ2) is 5.85. The van der Waals surface area contributed by atoms with E-state index in [9.17, 15) is 4.79 Å². The number of rotatable bonds is 4. The van der Waals surface area contributed by atoms with Crippen LogP contribution in [0.5, 0.6) is 5.75 Å². The van der Waals surface area contributed by atoms with Crippen molar-refractivity contribution in [3.8, 4) is 5.75 Å². The molecule has 1 N–H and O–H groups in total. The Bertz CT molecular complexity index is 523. The number of likely N-dealkylation sites (tertiary alicyclic amines) is 1. The van der Waals surface area contributed by atoms with Crippen molar-refractivity contribution in [3.63, 3.8) is 0 Å². The van der Waals surface area contributed by atoms with E-state index in [-0.39, 0.29) is 11.9 Å². The number of nitrogens with zero attached hydrogens (tertiary/aromatic N) is 1. The summed E-state index contributed by atoms with van der Waals surface area (Å²) in [5.74, 6) is 0.604. The number of ether oxygens (including phenoxy) is 1. The molecule has 0 radical (unpaired) electrons. The summed E-state index contributed by atoms with van der Waals surface area (Å²) in [4.78, 5) is 14.8. The standard InChI is InChI=1S/C16H21ClN2O2/c1-19-10-6-12(7-11-19)18-15(20)16(8-9-16)21-14-5-3-2-4-13(14)17/h2-5,12H,6-11H2,1H3,(H,18,20). The molecule has 1 saturated carbocycles. The van der Waals surface area contributed by atoms with Gasteiger partial charge in [-0.15, -0.1) is 0 Å². The predicted octanol–water partition coefficient (Wildman–Crippen LogP) is 2.46. The first-order valence-electron chi connectivity index (χ1n) is 7.52. The average molecular weight is 309 g/mol. The molecule has 1 aromatic rings. The van der Waals surface area contributed by atoms with Crippen LogP contribution in [0.2, 0.25) is 5.02 Å². The summed E-state index contributed by atoms with van der Waals surface area (Å²) >= 11 is 6.11. The lowest BCUT2D eigenvalue weighted by Gasteiger charge is -2.30. The third-order valence-corrected chi connectivity index (χ3v) is 4.63. The van der Waals surface area contributed by atoms with Gasteiger partial charge in [-0.05, 0) is 45.1 Å². The van der Waals surface area contributed by atoms with E-state index in [4.69, 9.17) is 16.3 Å². The van der Waals surface area contributed by atoms with E-state index in [1.807, 2.05) is 18.2 Å². The van der Waals surface area contributed by atoms with Gasteiger partial charge in [0.25, 0.3) is 5.91 Å². The number of benzene rings is 1. The van der Waals surface area contributed by atoms with Crippen molar-refractivity contribution >= 4 is 17.5 Å². The average Bonchev–Trinajstić information content (AvgIpc) is 3.25. The Kier molecular flexibility index (Phi) is 4.09. The third kappa shape index (κ3) is 3.33. The molecule has 2 aliphatic rings. The van der Waals surface area contributed by atoms with Crippen LogP contribution in [-0.4, -0.2) is 42.6 Å². The van der Waals surface area contributed by atoms with Crippen LogP contribution in [0.15, 0.2) is 24.3 Å². The number of piperidine rings is 1. The zero-order chi connectivity index (χ0) is 14.9. The highest BCUT2D eigenvalue weighted by Gasteiger charge is 2.53. The van der Waals surface area contributed by atoms with Crippen LogP contribution >= 0.6 is 11.6 Å². The molecule has 0 aromatic heterocycles. The van der Waals surface area contributed by atoms with Gasteiger partial charge in [0.05, 0.1) is 5.02 Å². The molecule has 1 aliphatic heterocycles. The Morgan fingerprint density at radius 2 is 2.00 bits per heavy atom. The lowest BCUT2D eigenvalue weighted by Crippen LogP contribution is -2.49. The smallest absolute Gasteiger partial charge is 0.264 e. The van der Waals surface area contributed by atoms with Crippen molar-refractivity contribution in [2.75, 3.05) is 20.1 Å². The van der Waals surface area contributed by atoms with Crippen LogP contribution in [-0.2, 0) is 4.79 Å². The molecule has 3 rings (SSSR count). The molecular weight excluding hydrogens is 288 g/mol. The maximum atomic E-state index is 12.5. The van der Waals surface area contributed by atoms with Gasteiger partial charge in [0.2, 0.25) is 0 Å². The highest BCUT2D eigenvalue weighted by molar-refractivity contribution is 6.32. The molecule has 2 fully saturated rings. The number of hydrogen-bond donors (Lipinski definition) is 1. The quantitative estimate of drug-likeness (QED) is 0.929. The van der Waals surface area contributed by atoms with E-state index in [0.29, 0.717) is 10.8 Å². The second-order valence-corrected chi connectivity index (χ2v) is 6.48. The van der Waals surface area contributed by atoms with E-state index in [0.717, 1.165) is 38.8 Å². The van der Waals surface area contributed by atoms with Gasteiger partial charge < -0.3 is 15.0 Å². The van der Waals surface area contributed by atoms with Crippen LogP contribution in [0.25, 0.3) is 0 Å². The van der Waals surface area contributed by atoms with Gasteiger partial charge in [0, 0.05) is 18.9 Å². The normalized spacial score (nSPS) is 21.8. The predicted molar refractivity (Wildman–Crippen MR) is 82.7 cm³/mol. The first-order valence-corrected chi connectivity index (χ1v) is 7.90. The van der Waals surface area contributed by atoms with Gasteiger partial charge in [0.15, 0.2) is 5.60 Å². The lowest BCUT2D eigenvalue weighted by atomic mass is 10.1. The minimum Gasteiger partial charge on any atom is -0.476 e. The summed E-state index contributed by atoms with van der Waals surface area (Å²) in [6.45, 7) is 2.06. The van der Waals surface area contributed by atoms with Gasteiger partial charge in [-0.25, -0.2) is 0 Å². The van der Waals surface area contributed by atoms with E-state index in [1.54, 1.807) is 6.07 Å². The second-order valence-electron chi connectivity index (χ2n) is 6.08. The number of para-hydroxylation sites is 1. The fraction of sp³-hybridized carbons (Fsp3) is 0.562. The Morgan fingerprint density at radius 3 is 2.62 bits per heavy atom. The molecule has 1 heterocycles. The van der Waals surface area contributed by atoms with E-state index in [1.165, 1.54) is 0 Å².